The third-order valence-corrected chi connectivity index (χ3v) is 7.28. The predicted octanol–water partition coefficient (Wildman–Crippen LogP) is -1.25. The quantitative estimate of drug-likeness (QED) is 0.177. The number of nitriles is 1. The van der Waals surface area contributed by atoms with Crippen molar-refractivity contribution in [1.29, 1.82) is 5.26 Å². The zero-order chi connectivity index (χ0) is 27.8. The number of β-lactam (4-membered cyclic amide) rings is 1. The van der Waals surface area contributed by atoms with E-state index in [2.05, 4.69) is 24.7 Å². The van der Waals surface area contributed by atoms with Crippen LogP contribution in [0.5, 0.6) is 0 Å². The number of fused-ring (bicyclic) bond motifs is 1. The van der Waals surface area contributed by atoms with Gasteiger partial charge in [0.2, 0.25) is 11.5 Å². The maximum absolute atomic E-state index is 13.1. The van der Waals surface area contributed by atoms with Gasteiger partial charge < -0.3 is 25.8 Å². The molecule has 0 bridgehead atoms. The van der Waals surface area contributed by atoms with Crippen LogP contribution in [0.25, 0.3) is 0 Å². The smallest absolute Gasteiger partial charge is 0.418 e. The van der Waals surface area contributed by atoms with Crippen molar-refractivity contribution in [2.24, 2.45) is 5.16 Å². The molecule has 4 heterocycles. The standard InChI is InChI=1S/C20H15F3N8O5S2/c1-36-28-11(14-27-19(25)38-29-14)15(32)26-12-16(33)31-13(18(34)35)9(7-37-17(12)31)6-30-3-2-10(20(21,22)23)8(4-24)5-30/h2-3,5,12,17H,6-7H2,1H3,(H3-,25,26,27,29,32,34,35)/b28-11-/t12-,17-/m1/s1. The van der Waals surface area contributed by atoms with Gasteiger partial charge in [-0.25, -0.2) is 0 Å². The highest BCUT2D eigenvalue weighted by molar-refractivity contribution is 8.00. The number of aliphatic carboxylic acids is 1. The Balaban J connectivity index is 1.56. The molecule has 2 aromatic rings. The molecule has 2 aliphatic heterocycles. The van der Waals surface area contributed by atoms with E-state index in [9.17, 15) is 32.7 Å². The summed E-state index contributed by atoms with van der Waals surface area (Å²) in [6.07, 6.45) is -2.75. The molecule has 1 saturated heterocycles. The fourth-order valence-electron chi connectivity index (χ4n) is 3.80. The summed E-state index contributed by atoms with van der Waals surface area (Å²) < 4.78 is 44.4. The van der Waals surface area contributed by atoms with Crippen molar-refractivity contribution in [3.63, 3.8) is 0 Å². The van der Waals surface area contributed by atoms with Crippen molar-refractivity contribution >= 4 is 51.9 Å². The minimum atomic E-state index is -4.74. The summed E-state index contributed by atoms with van der Waals surface area (Å²) in [6.45, 7) is -0.224. The number of aromatic nitrogens is 3. The van der Waals surface area contributed by atoms with Gasteiger partial charge in [-0.3, -0.25) is 14.5 Å². The molecule has 38 heavy (non-hydrogen) atoms. The Labute approximate surface area is 219 Å². The number of anilines is 1. The Kier molecular flexibility index (Phi) is 7.24. The molecule has 198 valence electrons. The number of nitrogens with two attached hydrogens (primary N) is 1. The maximum atomic E-state index is 13.1. The van der Waals surface area contributed by atoms with Gasteiger partial charge in [0.1, 0.15) is 30.2 Å². The van der Waals surface area contributed by atoms with E-state index in [1.807, 2.05) is 0 Å². The topological polar surface area (TPSA) is 191 Å². The number of oxime groups is 1. The van der Waals surface area contributed by atoms with Crippen molar-refractivity contribution in [2.75, 3.05) is 18.6 Å². The summed E-state index contributed by atoms with van der Waals surface area (Å²) in [6, 6.07) is 1.05. The summed E-state index contributed by atoms with van der Waals surface area (Å²) in [5, 5.41) is 26.4. The highest BCUT2D eigenvalue weighted by Gasteiger charge is 2.53. The lowest BCUT2D eigenvalue weighted by atomic mass is 10.0. The maximum Gasteiger partial charge on any atom is 0.418 e. The van der Waals surface area contributed by atoms with Crippen molar-refractivity contribution in [3.05, 3.63) is 46.7 Å². The lowest BCUT2D eigenvalue weighted by Gasteiger charge is -2.50. The van der Waals surface area contributed by atoms with Gasteiger partial charge in [-0.1, -0.05) is 5.16 Å². The summed E-state index contributed by atoms with van der Waals surface area (Å²) in [5.74, 6) is -3.39. The number of nitrogens with zero attached hydrogens (tertiary/aromatic N) is 6. The van der Waals surface area contributed by atoms with E-state index >= 15 is 0 Å². The van der Waals surface area contributed by atoms with Gasteiger partial charge in [-0.2, -0.15) is 32.4 Å². The van der Waals surface area contributed by atoms with Crippen LogP contribution in [0.4, 0.5) is 18.3 Å². The van der Waals surface area contributed by atoms with Crippen LogP contribution in [-0.4, -0.2) is 62.0 Å². The first kappa shape index (κ1) is 26.8. The van der Waals surface area contributed by atoms with Crippen LogP contribution in [0.2, 0.25) is 0 Å². The molecule has 2 aliphatic rings. The average Bonchev–Trinajstić information content (AvgIpc) is 3.30. The van der Waals surface area contributed by atoms with Gasteiger partial charge >= 0.3 is 6.18 Å². The number of alkyl halides is 3. The molecule has 0 saturated carbocycles. The number of pyridine rings is 1. The second kappa shape index (κ2) is 10.3. The third-order valence-electron chi connectivity index (χ3n) is 5.40. The number of rotatable bonds is 7. The summed E-state index contributed by atoms with van der Waals surface area (Å²) in [5.41, 5.74) is 3.11. The zero-order valence-corrected chi connectivity index (χ0v) is 20.7. The molecule has 0 spiro atoms. The molecule has 13 nitrogen and oxygen atoms in total. The van der Waals surface area contributed by atoms with Gasteiger partial charge in [0.05, 0.1) is 17.2 Å². The number of carboxylic acids is 1. The Morgan fingerprint density at radius 2 is 2.21 bits per heavy atom. The number of carboxylic acid groups (broad SMARTS) is 1. The van der Waals surface area contributed by atoms with E-state index in [0.29, 0.717) is 6.07 Å². The first-order chi connectivity index (χ1) is 18.0. The molecule has 2 aromatic heterocycles. The number of hydrogen-bond acceptors (Lipinski definition) is 12. The summed E-state index contributed by atoms with van der Waals surface area (Å²) in [7, 11) is 1.18. The molecule has 1 fully saturated rings. The fourth-order valence-corrected chi connectivity index (χ4v) is 5.57. The molecule has 2 amide bonds. The first-order valence-electron chi connectivity index (χ1n) is 10.4. The minimum absolute atomic E-state index is 0.0449. The van der Waals surface area contributed by atoms with E-state index in [1.165, 1.54) is 17.7 Å². The molecule has 0 aliphatic carbocycles. The Bertz CT molecular complexity index is 1430. The Morgan fingerprint density at radius 3 is 2.79 bits per heavy atom. The average molecular weight is 569 g/mol. The number of nitrogens with one attached hydrogen (secondary N) is 1. The molecule has 2 atom stereocenters. The Morgan fingerprint density at radius 1 is 1.47 bits per heavy atom. The van der Waals surface area contributed by atoms with Crippen LogP contribution >= 0.6 is 23.3 Å². The van der Waals surface area contributed by atoms with Crippen LogP contribution < -0.4 is 20.7 Å². The van der Waals surface area contributed by atoms with Crippen molar-refractivity contribution in [3.8, 4) is 6.07 Å². The van der Waals surface area contributed by atoms with E-state index in [1.54, 1.807) is 0 Å². The van der Waals surface area contributed by atoms with Crippen LogP contribution in [0.15, 0.2) is 34.9 Å². The zero-order valence-electron chi connectivity index (χ0n) is 19.1. The molecular formula is C20H15F3N8O5S2. The van der Waals surface area contributed by atoms with Crippen molar-refractivity contribution < 1.29 is 42.1 Å². The van der Waals surface area contributed by atoms with Gasteiger partial charge in [-0.05, 0) is 0 Å². The minimum Gasteiger partial charge on any atom is -0.543 e. The van der Waals surface area contributed by atoms with Gasteiger partial charge in [-0.15, -0.1) is 11.8 Å². The van der Waals surface area contributed by atoms with Crippen molar-refractivity contribution in [1.82, 2.24) is 19.6 Å². The molecule has 18 heteroatoms. The van der Waals surface area contributed by atoms with Crippen LogP contribution in [0, 0.1) is 11.3 Å². The molecule has 4 rings (SSSR count). The van der Waals surface area contributed by atoms with E-state index in [4.69, 9.17) is 11.0 Å². The number of nitrogen functional groups attached to an aromatic ring is 1. The first-order valence-corrected chi connectivity index (χ1v) is 12.2. The molecule has 0 radical (unpaired) electrons. The summed E-state index contributed by atoms with van der Waals surface area (Å²) >= 11 is 1.93. The summed E-state index contributed by atoms with van der Waals surface area (Å²) in [4.78, 5) is 47.1. The van der Waals surface area contributed by atoms with Gasteiger partial charge in [0.25, 0.3) is 11.8 Å². The largest absolute Gasteiger partial charge is 0.543 e. The lowest BCUT2D eigenvalue weighted by molar-refractivity contribution is -0.689. The monoisotopic (exact) mass is 568 g/mol. The lowest BCUT2D eigenvalue weighted by Crippen LogP contribution is -2.71. The molecule has 3 N–H and O–H groups in total. The molecule has 0 unspecified atom stereocenters. The highest BCUT2D eigenvalue weighted by atomic mass is 32.2. The van der Waals surface area contributed by atoms with Crippen molar-refractivity contribution in [2.45, 2.75) is 24.1 Å². The van der Waals surface area contributed by atoms with E-state index in [0.717, 1.165) is 40.6 Å². The highest BCUT2D eigenvalue weighted by Crippen LogP contribution is 2.40. The fraction of sp³-hybridized carbons (Fsp3) is 0.300. The molecule has 0 aromatic carbocycles. The normalized spacial score (nSPS) is 19.4. The number of thioether (sulfide) groups is 1. The third kappa shape index (κ3) is 4.97. The Hall–Kier alpha value is -4.24. The second-order valence-corrected chi connectivity index (χ2v) is 9.62. The van der Waals surface area contributed by atoms with E-state index < -0.39 is 52.2 Å². The van der Waals surface area contributed by atoms with Crippen LogP contribution in [-0.2, 0) is 31.9 Å². The number of halogens is 3. The number of carbonyl (C=O) groups is 3. The number of amides is 2. The SMILES string of the molecule is CO/N=C(\C(=O)N[C@@H]1C(=O)N2C(C(=O)[O-])=C(C[n+]3ccc(C(F)(F)F)c(C#N)c3)CS[C@H]12)c1nsc(N)n1. The van der Waals surface area contributed by atoms with Gasteiger partial charge in [0, 0.05) is 28.9 Å². The van der Waals surface area contributed by atoms with Gasteiger partial charge in [0.15, 0.2) is 24.1 Å². The van der Waals surface area contributed by atoms with E-state index in [-0.39, 0.29) is 34.5 Å². The predicted molar refractivity (Wildman–Crippen MR) is 121 cm³/mol. The number of carbonyl (C=O) groups excluding carboxylic acids is 3. The van der Waals surface area contributed by atoms with Crippen LogP contribution in [0.3, 0.4) is 0 Å². The number of hydrogen-bond donors (Lipinski definition) is 2. The molecular weight excluding hydrogens is 553 g/mol. The van der Waals surface area contributed by atoms with Crippen LogP contribution in [0.1, 0.15) is 17.0 Å². The second-order valence-electron chi connectivity index (χ2n) is 7.73.